The number of benzene rings is 3. The van der Waals surface area contributed by atoms with Gasteiger partial charge in [-0.3, -0.25) is 0 Å². The van der Waals surface area contributed by atoms with Crippen LogP contribution in [-0.4, -0.2) is 37.8 Å². The number of aliphatic carboxylic acids is 1. The zero-order chi connectivity index (χ0) is 28.0. The second-order valence-electron chi connectivity index (χ2n) is 8.17. The van der Waals surface area contributed by atoms with Crippen molar-refractivity contribution in [2.45, 2.75) is 18.0 Å². The normalized spacial score (nSPS) is 12.1. The van der Waals surface area contributed by atoms with E-state index in [9.17, 15) is 23.1 Å². The number of nitrogens with one attached hydrogen (secondary N) is 2. The topological polar surface area (TPSA) is 100 Å². The molecule has 0 fully saturated rings. The van der Waals surface area contributed by atoms with Gasteiger partial charge in [0.1, 0.15) is 6.04 Å². The number of rotatable bonds is 10. The highest BCUT2D eigenvalue weighted by atomic mass is 35.5. The van der Waals surface area contributed by atoms with Crippen LogP contribution in [0.5, 0.6) is 0 Å². The van der Waals surface area contributed by atoms with E-state index in [1.54, 1.807) is 12.1 Å². The van der Waals surface area contributed by atoms with Gasteiger partial charge in [-0.05, 0) is 48.0 Å². The number of carboxylic acid groups (broad SMARTS) is 1. The number of carbonyl (C=O) groups is 1. The number of thioether (sulfide) groups is 1. The summed E-state index contributed by atoms with van der Waals surface area (Å²) >= 11 is 13.6. The van der Waals surface area contributed by atoms with Crippen LogP contribution in [0, 0.1) is 0 Å². The third-order valence-electron chi connectivity index (χ3n) is 5.28. The molecule has 0 spiro atoms. The molecule has 39 heavy (non-hydrogen) atoms. The third-order valence-corrected chi connectivity index (χ3v) is 7.12. The quantitative estimate of drug-likeness (QED) is 0.175. The van der Waals surface area contributed by atoms with Crippen molar-refractivity contribution in [3.63, 3.8) is 0 Å². The summed E-state index contributed by atoms with van der Waals surface area (Å²) in [5, 5.41) is 16.0. The van der Waals surface area contributed by atoms with Crippen LogP contribution >= 0.6 is 35.0 Å². The van der Waals surface area contributed by atoms with Crippen LogP contribution in [0.15, 0.2) is 72.8 Å². The molecule has 4 rings (SSSR count). The first-order valence-electron chi connectivity index (χ1n) is 11.4. The maximum Gasteiger partial charge on any atom is 0.416 e. The lowest BCUT2D eigenvalue weighted by atomic mass is 10.2. The minimum absolute atomic E-state index is 0.0191. The average molecular weight is 594 g/mol. The molecular formula is C26H20Cl2F3N5O2S. The lowest BCUT2D eigenvalue weighted by Crippen LogP contribution is -2.32. The molecular weight excluding hydrogens is 574 g/mol. The lowest BCUT2D eigenvalue weighted by molar-refractivity contribution is -0.138. The molecule has 4 aromatic rings. The molecule has 0 radical (unpaired) electrons. The molecule has 3 N–H and O–H groups in total. The molecule has 13 heteroatoms. The van der Waals surface area contributed by atoms with Crippen molar-refractivity contribution >= 4 is 58.5 Å². The summed E-state index contributed by atoms with van der Waals surface area (Å²) in [5.74, 6) is -0.216. The molecule has 1 aromatic heterocycles. The van der Waals surface area contributed by atoms with Gasteiger partial charge in [0, 0.05) is 22.8 Å². The van der Waals surface area contributed by atoms with Crippen molar-refractivity contribution in [1.82, 2.24) is 15.0 Å². The predicted octanol–water partition coefficient (Wildman–Crippen LogP) is 7.41. The molecule has 1 atom stereocenters. The summed E-state index contributed by atoms with van der Waals surface area (Å²) in [5.41, 5.74) is 1.00. The fourth-order valence-electron chi connectivity index (χ4n) is 3.33. The Bertz CT molecular complexity index is 1440. The zero-order valence-corrected chi connectivity index (χ0v) is 22.2. The van der Waals surface area contributed by atoms with E-state index >= 15 is 0 Å². The van der Waals surface area contributed by atoms with E-state index in [0.29, 0.717) is 16.3 Å². The Hall–Kier alpha value is -3.54. The molecule has 3 aromatic carbocycles. The van der Waals surface area contributed by atoms with Crippen LogP contribution in [-0.2, 0) is 16.7 Å². The van der Waals surface area contributed by atoms with Gasteiger partial charge in [0.25, 0.3) is 0 Å². The second kappa shape index (κ2) is 12.5. The minimum Gasteiger partial charge on any atom is -0.480 e. The van der Waals surface area contributed by atoms with E-state index in [1.165, 1.54) is 30.0 Å². The molecule has 0 aliphatic carbocycles. The molecule has 0 aliphatic heterocycles. The maximum atomic E-state index is 12.9. The monoisotopic (exact) mass is 593 g/mol. The van der Waals surface area contributed by atoms with Crippen LogP contribution in [0.4, 0.5) is 30.8 Å². The van der Waals surface area contributed by atoms with Gasteiger partial charge in [-0.15, -0.1) is 0 Å². The van der Waals surface area contributed by atoms with Gasteiger partial charge in [-0.25, -0.2) is 4.79 Å². The Balaban J connectivity index is 1.60. The van der Waals surface area contributed by atoms with E-state index in [1.807, 2.05) is 30.3 Å². The Kier molecular flexibility index (Phi) is 9.16. The van der Waals surface area contributed by atoms with E-state index in [-0.39, 0.29) is 34.2 Å². The highest BCUT2D eigenvalue weighted by molar-refractivity contribution is 7.98. The number of anilines is 3. The summed E-state index contributed by atoms with van der Waals surface area (Å²) in [6.45, 7) is 0. The fraction of sp³-hybridized carbons (Fsp3) is 0.154. The summed E-state index contributed by atoms with van der Waals surface area (Å²) in [6.07, 6.45) is -4.48. The molecule has 0 amide bonds. The van der Waals surface area contributed by atoms with Gasteiger partial charge in [-0.1, -0.05) is 53.5 Å². The first-order chi connectivity index (χ1) is 18.6. The van der Waals surface area contributed by atoms with Gasteiger partial charge < -0.3 is 15.7 Å². The van der Waals surface area contributed by atoms with Crippen LogP contribution in [0.1, 0.15) is 11.1 Å². The Labute approximate surface area is 235 Å². The van der Waals surface area contributed by atoms with Crippen LogP contribution in [0.3, 0.4) is 0 Å². The molecule has 0 saturated heterocycles. The smallest absolute Gasteiger partial charge is 0.416 e. The Morgan fingerprint density at radius 2 is 1.62 bits per heavy atom. The molecule has 0 aliphatic rings. The van der Waals surface area contributed by atoms with Crippen molar-refractivity contribution < 1.29 is 23.1 Å². The second-order valence-corrected chi connectivity index (χ2v) is 10.0. The summed E-state index contributed by atoms with van der Waals surface area (Å²) in [7, 11) is 0. The highest BCUT2D eigenvalue weighted by Gasteiger charge is 2.30. The van der Waals surface area contributed by atoms with Crippen LogP contribution in [0.25, 0.3) is 11.4 Å². The third kappa shape index (κ3) is 7.98. The van der Waals surface area contributed by atoms with Crippen molar-refractivity contribution in [3.8, 4) is 11.4 Å². The van der Waals surface area contributed by atoms with Crippen molar-refractivity contribution in [1.29, 1.82) is 0 Å². The zero-order valence-electron chi connectivity index (χ0n) is 19.9. The number of aromatic nitrogens is 3. The molecule has 202 valence electrons. The largest absolute Gasteiger partial charge is 0.480 e. The standard InChI is InChI=1S/C26H20Cl2F3N5O2S/c27-19-11-6-16(12-20(19)28)22-34-24(32-18-9-7-17(8-10-18)26(29,30)31)36-25(35-22)33-21(23(37)38)14-39-13-15-4-2-1-3-5-15/h1-12,21H,13-14H2,(H,37,38)(H2,32,33,34,35,36)/t21-/m0/s1. The number of hydrogen-bond acceptors (Lipinski definition) is 7. The molecule has 0 unspecified atom stereocenters. The van der Waals surface area contributed by atoms with Crippen molar-refractivity contribution in [3.05, 3.63) is 94.0 Å². The Morgan fingerprint density at radius 1 is 0.923 bits per heavy atom. The van der Waals surface area contributed by atoms with Gasteiger partial charge in [0.15, 0.2) is 5.82 Å². The maximum absolute atomic E-state index is 12.9. The average Bonchev–Trinajstić information content (AvgIpc) is 2.90. The van der Waals surface area contributed by atoms with Crippen molar-refractivity contribution in [2.24, 2.45) is 0 Å². The van der Waals surface area contributed by atoms with Crippen LogP contribution in [0.2, 0.25) is 10.0 Å². The van der Waals surface area contributed by atoms with Gasteiger partial charge in [0.05, 0.1) is 15.6 Å². The van der Waals surface area contributed by atoms with Gasteiger partial charge in [0.2, 0.25) is 11.9 Å². The van der Waals surface area contributed by atoms with Gasteiger partial charge in [-0.2, -0.15) is 39.9 Å². The summed E-state index contributed by atoms with van der Waals surface area (Å²) < 4.78 is 38.8. The SMILES string of the molecule is O=C(O)[C@H](CSCc1ccccc1)Nc1nc(Nc2ccc(C(F)(F)F)cc2)nc(-c2ccc(Cl)c(Cl)c2)n1. The lowest BCUT2D eigenvalue weighted by Gasteiger charge is -2.16. The highest BCUT2D eigenvalue weighted by Crippen LogP contribution is 2.31. The molecule has 7 nitrogen and oxygen atoms in total. The fourth-order valence-corrected chi connectivity index (χ4v) is 4.64. The molecule has 0 saturated carbocycles. The van der Waals surface area contributed by atoms with Crippen LogP contribution < -0.4 is 10.6 Å². The first-order valence-corrected chi connectivity index (χ1v) is 13.3. The number of carboxylic acids is 1. The number of halogens is 5. The number of hydrogen-bond donors (Lipinski definition) is 3. The molecule has 0 bridgehead atoms. The van der Waals surface area contributed by atoms with Crippen molar-refractivity contribution in [2.75, 3.05) is 16.4 Å². The van der Waals surface area contributed by atoms with E-state index in [2.05, 4.69) is 25.6 Å². The van der Waals surface area contributed by atoms with Gasteiger partial charge >= 0.3 is 12.1 Å². The molecule has 1 heterocycles. The summed E-state index contributed by atoms with van der Waals surface area (Å²) in [6, 6.07) is 17.6. The first kappa shape index (κ1) is 28.5. The number of alkyl halides is 3. The Morgan fingerprint density at radius 3 is 2.26 bits per heavy atom. The van der Waals surface area contributed by atoms with E-state index < -0.39 is 23.8 Å². The predicted molar refractivity (Wildman–Crippen MR) is 148 cm³/mol. The number of nitrogens with zero attached hydrogens (tertiary/aromatic N) is 3. The minimum atomic E-state index is -4.48. The van der Waals surface area contributed by atoms with E-state index in [0.717, 1.165) is 17.7 Å². The van der Waals surface area contributed by atoms with E-state index in [4.69, 9.17) is 23.2 Å². The summed E-state index contributed by atoms with van der Waals surface area (Å²) in [4.78, 5) is 24.9.